The van der Waals surface area contributed by atoms with Gasteiger partial charge in [-0.1, -0.05) is 29.9 Å². The number of fused-ring (bicyclic) bond motifs is 1. The third kappa shape index (κ3) is 4.05. The molecule has 0 unspecified atom stereocenters. The lowest BCUT2D eigenvalue weighted by molar-refractivity contribution is -0.138. The molecule has 1 aliphatic carbocycles. The number of hydrogen-bond acceptors (Lipinski definition) is 6. The van der Waals surface area contributed by atoms with Gasteiger partial charge in [-0.3, -0.25) is 4.79 Å². The third-order valence-electron chi connectivity index (χ3n) is 6.10. The van der Waals surface area contributed by atoms with Gasteiger partial charge in [0.05, 0.1) is 0 Å². The number of hydrogen-bond donors (Lipinski definition) is 1. The average Bonchev–Trinajstić information content (AvgIpc) is 3.25. The average molecular weight is 457 g/mol. The van der Waals surface area contributed by atoms with Gasteiger partial charge in [-0.05, 0) is 45.7 Å². The van der Waals surface area contributed by atoms with Crippen LogP contribution in [0.4, 0.5) is 15.3 Å². The molecule has 2 fully saturated rings. The Morgan fingerprint density at radius 3 is 2.56 bits per heavy atom. The van der Waals surface area contributed by atoms with Crippen LogP contribution >= 0.6 is 11.3 Å². The Morgan fingerprint density at radius 1 is 1.19 bits per heavy atom. The van der Waals surface area contributed by atoms with Crippen molar-refractivity contribution in [3.05, 3.63) is 30.1 Å². The van der Waals surface area contributed by atoms with Crippen LogP contribution in [0.25, 0.3) is 16.2 Å². The van der Waals surface area contributed by atoms with Gasteiger partial charge in [0.1, 0.15) is 11.5 Å². The summed E-state index contributed by atoms with van der Waals surface area (Å²) in [6, 6.07) is 6.49. The molecule has 0 bridgehead atoms. The largest absolute Gasteiger partial charge is 0.364 e. The van der Waals surface area contributed by atoms with Gasteiger partial charge in [-0.2, -0.15) is 4.52 Å². The number of aromatic nitrogens is 3. The van der Waals surface area contributed by atoms with Gasteiger partial charge in [-0.15, -0.1) is 5.10 Å². The van der Waals surface area contributed by atoms with Crippen LogP contribution in [-0.2, 0) is 4.79 Å². The molecule has 2 aromatic heterocycles. The van der Waals surface area contributed by atoms with Gasteiger partial charge >= 0.3 is 0 Å². The van der Waals surface area contributed by atoms with E-state index in [1.807, 2.05) is 15.5 Å². The summed E-state index contributed by atoms with van der Waals surface area (Å²) in [6.45, 7) is 9.24. The molecule has 3 heterocycles. The van der Waals surface area contributed by atoms with E-state index in [4.69, 9.17) is 10.1 Å². The van der Waals surface area contributed by atoms with Crippen molar-refractivity contribution in [2.45, 2.75) is 45.6 Å². The minimum Gasteiger partial charge on any atom is -0.364 e. The molecule has 2 aliphatic rings. The van der Waals surface area contributed by atoms with Gasteiger partial charge in [0.15, 0.2) is 5.82 Å². The molecule has 1 amide bonds. The van der Waals surface area contributed by atoms with Crippen molar-refractivity contribution in [3.8, 4) is 11.3 Å². The zero-order valence-electron chi connectivity index (χ0n) is 18.8. The summed E-state index contributed by atoms with van der Waals surface area (Å²) >= 11 is 1.52. The van der Waals surface area contributed by atoms with E-state index < -0.39 is 0 Å². The van der Waals surface area contributed by atoms with Crippen LogP contribution in [0.5, 0.6) is 0 Å². The number of carbonyl (C=O) groups excluding carboxylic acids is 1. The maximum absolute atomic E-state index is 13.9. The van der Waals surface area contributed by atoms with Gasteiger partial charge in [0, 0.05) is 43.2 Å². The Labute approximate surface area is 191 Å². The van der Waals surface area contributed by atoms with E-state index in [0.29, 0.717) is 11.6 Å². The van der Waals surface area contributed by atoms with Crippen molar-refractivity contribution < 1.29 is 9.18 Å². The van der Waals surface area contributed by atoms with E-state index in [2.05, 4.69) is 31.0 Å². The van der Waals surface area contributed by atoms with Crippen molar-refractivity contribution in [1.82, 2.24) is 19.5 Å². The monoisotopic (exact) mass is 456 g/mol. The van der Waals surface area contributed by atoms with Gasteiger partial charge < -0.3 is 15.1 Å². The fourth-order valence-corrected chi connectivity index (χ4v) is 5.16. The number of rotatable bonds is 4. The molecule has 5 rings (SSSR count). The Balaban J connectivity index is 1.41. The van der Waals surface area contributed by atoms with Crippen LogP contribution < -0.4 is 10.2 Å². The van der Waals surface area contributed by atoms with Crippen LogP contribution in [-0.4, -0.2) is 57.1 Å². The van der Waals surface area contributed by atoms with Crippen molar-refractivity contribution in [3.63, 3.8) is 0 Å². The number of nitrogens with zero attached hydrogens (tertiary/aromatic N) is 5. The number of anilines is 2. The Morgan fingerprint density at radius 2 is 1.94 bits per heavy atom. The second-order valence-electron chi connectivity index (χ2n) is 9.71. The molecule has 1 saturated carbocycles. The predicted octanol–water partition coefficient (Wildman–Crippen LogP) is 4.26. The molecule has 0 atom stereocenters. The highest BCUT2D eigenvalue weighted by molar-refractivity contribution is 7.20. The first kappa shape index (κ1) is 21.2. The molecular weight excluding hydrogens is 427 g/mol. The molecule has 1 aliphatic heterocycles. The zero-order chi connectivity index (χ0) is 22.5. The van der Waals surface area contributed by atoms with E-state index >= 15 is 0 Å². The van der Waals surface area contributed by atoms with Crippen molar-refractivity contribution in [1.29, 1.82) is 0 Å². The van der Waals surface area contributed by atoms with E-state index in [9.17, 15) is 9.18 Å². The SMILES string of the molecule is CC(C)(C)Nc1c(-c2cccc(F)c2)nc2sc(N3CCN(C(=O)C4CCC4)CC3)nn12. The van der Waals surface area contributed by atoms with Crippen molar-refractivity contribution in [2.24, 2.45) is 5.92 Å². The summed E-state index contributed by atoms with van der Waals surface area (Å²) in [5.74, 6) is 1.04. The highest BCUT2D eigenvalue weighted by Gasteiger charge is 2.32. The van der Waals surface area contributed by atoms with Crippen molar-refractivity contribution in [2.75, 3.05) is 36.4 Å². The first-order chi connectivity index (χ1) is 15.3. The fourth-order valence-electron chi connectivity index (χ4n) is 4.20. The number of piperazine rings is 1. The Hall–Kier alpha value is -2.68. The molecule has 1 saturated heterocycles. The van der Waals surface area contributed by atoms with Crippen LogP contribution in [0.15, 0.2) is 24.3 Å². The molecule has 9 heteroatoms. The van der Waals surface area contributed by atoms with Crippen LogP contribution in [0.3, 0.4) is 0 Å². The van der Waals surface area contributed by atoms with Crippen LogP contribution in [0, 0.1) is 11.7 Å². The van der Waals surface area contributed by atoms with Crippen LogP contribution in [0.1, 0.15) is 40.0 Å². The highest BCUT2D eigenvalue weighted by atomic mass is 32.1. The summed E-state index contributed by atoms with van der Waals surface area (Å²) in [6.07, 6.45) is 3.26. The predicted molar refractivity (Wildman–Crippen MR) is 126 cm³/mol. The topological polar surface area (TPSA) is 65.8 Å². The molecule has 1 aromatic carbocycles. The summed E-state index contributed by atoms with van der Waals surface area (Å²) in [5.41, 5.74) is 1.20. The summed E-state index contributed by atoms with van der Waals surface area (Å²) in [5, 5.41) is 9.26. The standard InChI is InChI=1S/C23H29FN6OS/c1-23(2,3)26-19-18(16-8-5-9-17(24)14-16)25-21-30(19)27-22(32-21)29-12-10-28(11-13-29)20(31)15-6-4-7-15/h5,8-9,14-15,26H,4,6-7,10-13H2,1-3H3. The smallest absolute Gasteiger partial charge is 0.225 e. The quantitative estimate of drug-likeness (QED) is 0.636. The van der Waals surface area contributed by atoms with E-state index in [0.717, 1.165) is 60.5 Å². The van der Waals surface area contributed by atoms with Gasteiger partial charge in [0.25, 0.3) is 0 Å². The molecule has 170 valence electrons. The number of nitrogens with one attached hydrogen (secondary N) is 1. The Kier molecular flexibility index (Phi) is 5.31. The molecule has 0 spiro atoms. The highest BCUT2D eigenvalue weighted by Crippen LogP contribution is 2.35. The normalized spacial score (nSPS) is 17.6. The first-order valence-electron chi connectivity index (χ1n) is 11.3. The zero-order valence-corrected chi connectivity index (χ0v) is 19.6. The van der Waals surface area contributed by atoms with Crippen LogP contribution in [0.2, 0.25) is 0 Å². The van der Waals surface area contributed by atoms with Gasteiger partial charge in [0.2, 0.25) is 16.0 Å². The maximum Gasteiger partial charge on any atom is 0.225 e. The summed E-state index contributed by atoms with van der Waals surface area (Å²) in [7, 11) is 0. The lowest BCUT2D eigenvalue weighted by Gasteiger charge is -2.38. The van der Waals surface area contributed by atoms with E-state index in [1.165, 1.54) is 29.9 Å². The number of imidazole rings is 1. The number of amides is 1. The lowest BCUT2D eigenvalue weighted by atomic mass is 9.84. The molecular formula is C23H29FN6OS. The summed E-state index contributed by atoms with van der Waals surface area (Å²) < 4.78 is 15.7. The van der Waals surface area contributed by atoms with E-state index in [-0.39, 0.29) is 17.3 Å². The first-order valence-corrected chi connectivity index (χ1v) is 12.1. The molecule has 32 heavy (non-hydrogen) atoms. The minimum absolute atomic E-state index is 0.213. The van der Waals surface area contributed by atoms with E-state index in [1.54, 1.807) is 6.07 Å². The fraction of sp³-hybridized carbons (Fsp3) is 0.522. The molecule has 1 N–H and O–H groups in total. The number of benzene rings is 1. The second kappa shape index (κ2) is 8.03. The van der Waals surface area contributed by atoms with Gasteiger partial charge in [-0.25, -0.2) is 9.37 Å². The maximum atomic E-state index is 13.9. The minimum atomic E-state index is -0.288. The number of carbonyl (C=O) groups is 1. The Bertz CT molecular complexity index is 1140. The van der Waals surface area contributed by atoms with Crippen molar-refractivity contribution >= 4 is 33.2 Å². The second-order valence-corrected chi connectivity index (χ2v) is 10.6. The number of halogens is 1. The summed E-state index contributed by atoms with van der Waals surface area (Å²) in [4.78, 5) is 22.3. The third-order valence-corrected chi connectivity index (χ3v) is 7.07. The molecule has 0 radical (unpaired) electrons. The molecule has 3 aromatic rings. The molecule has 7 nitrogen and oxygen atoms in total. The lowest BCUT2D eigenvalue weighted by Crippen LogP contribution is -2.51.